The SMILES string of the molecule is CCOCCN(C)CCC(=O)c1ccc(Cl)cc1. The first kappa shape index (κ1) is 15.2. The number of ether oxygens (including phenoxy) is 1. The summed E-state index contributed by atoms with van der Waals surface area (Å²) in [7, 11) is 1.99. The van der Waals surface area contributed by atoms with Gasteiger partial charge in [0.2, 0.25) is 0 Å². The minimum absolute atomic E-state index is 0.148. The van der Waals surface area contributed by atoms with E-state index >= 15 is 0 Å². The van der Waals surface area contributed by atoms with Crippen LogP contribution in [0.15, 0.2) is 24.3 Å². The summed E-state index contributed by atoms with van der Waals surface area (Å²) in [6, 6.07) is 7.02. The Morgan fingerprint density at radius 3 is 2.56 bits per heavy atom. The lowest BCUT2D eigenvalue weighted by Crippen LogP contribution is -2.26. The topological polar surface area (TPSA) is 29.5 Å². The molecule has 0 aliphatic rings. The highest BCUT2D eigenvalue weighted by molar-refractivity contribution is 6.30. The van der Waals surface area contributed by atoms with Gasteiger partial charge in [0.15, 0.2) is 5.78 Å². The lowest BCUT2D eigenvalue weighted by molar-refractivity contribution is 0.0946. The Morgan fingerprint density at radius 2 is 1.94 bits per heavy atom. The molecule has 0 unspecified atom stereocenters. The number of hydrogen-bond acceptors (Lipinski definition) is 3. The molecule has 0 atom stereocenters. The van der Waals surface area contributed by atoms with Crippen LogP contribution in [0.3, 0.4) is 0 Å². The third-order valence-electron chi connectivity index (χ3n) is 2.71. The fraction of sp³-hybridized carbons (Fsp3) is 0.500. The number of hydrogen-bond donors (Lipinski definition) is 0. The molecule has 0 fully saturated rings. The van der Waals surface area contributed by atoms with E-state index in [2.05, 4.69) is 4.90 Å². The van der Waals surface area contributed by atoms with Crippen LogP contribution in [-0.4, -0.2) is 44.0 Å². The zero-order valence-electron chi connectivity index (χ0n) is 11.0. The Kier molecular flexibility index (Phi) is 6.94. The van der Waals surface area contributed by atoms with Crippen LogP contribution >= 0.6 is 11.6 Å². The molecule has 0 spiro atoms. The van der Waals surface area contributed by atoms with E-state index in [9.17, 15) is 4.79 Å². The molecule has 1 rings (SSSR count). The van der Waals surface area contributed by atoms with Crippen molar-refractivity contribution < 1.29 is 9.53 Å². The molecule has 0 heterocycles. The molecule has 18 heavy (non-hydrogen) atoms. The van der Waals surface area contributed by atoms with E-state index in [4.69, 9.17) is 16.3 Å². The van der Waals surface area contributed by atoms with Crippen LogP contribution in [-0.2, 0) is 4.74 Å². The second kappa shape index (κ2) is 8.25. The zero-order valence-corrected chi connectivity index (χ0v) is 11.7. The number of halogens is 1. The largest absolute Gasteiger partial charge is 0.380 e. The van der Waals surface area contributed by atoms with Gasteiger partial charge in [0.1, 0.15) is 0 Å². The molecule has 3 nitrogen and oxygen atoms in total. The number of nitrogens with zero attached hydrogens (tertiary/aromatic N) is 1. The number of benzene rings is 1. The van der Waals surface area contributed by atoms with E-state index in [1.165, 1.54) is 0 Å². The second-order valence-electron chi connectivity index (χ2n) is 4.18. The molecule has 0 aromatic heterocycles. The predicted molar refractivity (Wildman–Crippen MR) is 74.4 cm³/mol. The standard InChI is InChI=1S/C14H20ClNO2/c1-3-18-11-10-16(2)9-8-14(17)12-4-6-13(15)7-5-12/h4-7H,3,8-11H2,1-2H3. The molecule has 0 amide bonds. The lowest BCUT2D eigenvalue weighted by atomic mass is 10.1. The molecule has 0 aliphatic heterocycles. The van der Waals surface area contributed by atoms with Gasteiger partial charge in [-0.05, 0) is 38.2 Å². The van der Waals surface area contributed by atoms with Gasteiger partial charge in [-0.15, -0.1) is 0 Å². The molecule has 1 aromatic rings. The predicted octanol–water partition coefficient (Wildman–Crippen LogP) is 2.88. The van der Waals surface area contributed by atoms with Gasteiger partial charge < -0.3 is 9.64 Å². The number of ketones is 1. The Morgan fingerprint density at radius 1 is 1.28 bits per heavy atom. The Bertz CT molecular complexity index is 365. The smallest absolute Gasteiger partial charge is 0.164 e. The van der Waals surface area contributed by atoms with Crippen LogP contribution in [0.1, 0.15) is 23.7 Å². The molecule has 0 saturated heterocycles. The number of carbonyl (C=O) groups excluding carboxylic acids is 1. The monoisotopic (exact) mass is 269 g/mol. The van der Waals surface area contributed by atoms with Crippen molar-refractivity contribution >= 4 is 17.4 Å². The molecule has 100 valence electrons. The maximum atomic E-state index is 11.9. The summed E-state index contributed by atoms with van der Waals surface area (Å²) in [5, 5.41) is 0.653. The Labute approximate surface area is 114 Å². The van der Waals surface area contributed by atoms with Gasteiger partial charge in [-0.3, -0.25) is 4.79 Å². The minimum Gasteiger partial charge on any atom is -0.380 e. The van der Waals surface area contributed by atoms with Crippen molar-refractivity contribution in [3.63, 3.8) is 0 Å². The van der Waals surface area contributed by atoms with Gasteiger partial charge in [-0.25, -0.2) is 0 Å². The van der Waals surface area contributed by atoms with Crippen molar-refractivity contribution in [3.05, 3.63) is 34.9 Å². The second-order valence-corrected chi connectivity index (χ2v) is 4.62. The highest BCUT2D eigenvalue weighted by Crippen LogP contribution is 2.11. The van der Waals surface area contributed by atoms with Gasteiger partial charge in [0.05, 0.1) is 6.61 Å². The third-order valence-corrected chi connectivity index (χ3v) is 2.96. The molecule has 4 heteroatoms. The maximum absolute atomic E-state index is 11.9. The minimum atomic E-state index is 0.148. The normalized spacial score (nSPS) is 10.9. The van der Waals surface area contributed by atoms with Crippen molar-refractivity contribution in [2.75, 3.05) is 33.4 Å². The van der Waals surface area contributed by atoms with Crippen LogP contribution in [0.4, 0.5) is 0 Å². The summed E-state index contributed by atoms with van der Waals surface area (Å²) < 4.78 is 5.27. The molecule has 0 N–H and O–H groups in total. The van der Waals surface area contributed by atoms with Crippen LogP contribution in [0, 0.1) is 0 Å². The van der Waals surface area contributed by atoms with E-state index in [-0.39, 0.29) is 5.78 Å². The molecule has 0 radical (unpaired) electrons. The van der Waals surface area contributed by atoms with E-state index in [0.717, 1.165) is 25.3 Å². The first-order valence-corrected chi connectivity index (χ1v) is 6.56. The Balaban J connectivity index is 2.30. The summed E-state index contributed by atoms with van der Waals surface area (Å²) >= 11 is 5.78. The summed E-state index contributed by atoms with van der Waals surface area (Å²) in [4.78, 5) is 14.0. The van der Waals surface area contributed by atoms with Crippen molar-refractivity contribution in [1.29, 1.82) is 0 Å². The van der Waals surface area contributed by atoms with Crippen LogP contribution in [0.2, 0.25) is 5.02 Å². The van der Waals surface area contributed by atoms with Crippen molar-refractivity contribution in [1.82, 2.24) is 4.90 Å². The van der Waals surface area contributed by atoms with Gasteiger partial charge in [-0.1, -0.05) is 11.6 Å². The molecular formula is C14H20ClNO2. The molecule has 1 aromatic carbocycles. The zero-order chi connectivity index (χ0) is 13.4. The molecule has 0 aliphatic carbocycles. The van der Waals surface area contributed by atoms with E-state index in [1.54, 1.807) is 24.3 Å². The first-order valence-electron chi connectivity index (χ1n) is 6.18. The summed E-state index contributed by atoms with van der Waals surface area (Å²) in [6.45, 7) is 5.01. The fourth-order valence-electron chi connectivity index (χ4n) is 1.55. The number of Topliss-reactive ketones (excluding diaryl/α,β-unsaturated/α-hetero) is 1. The maximum Gasteiger partial charge on any atom is 0.164 e. The van der Waals surface area contributed by atoms with Crippen molar-refractivity contribution in [2.24, 2.45) is 0 Å². The fourth-order valence-corrected chi connectivity index (χ4v) is 1.68. The van der Waals surface area contributed by atoms with Gasteiger partial charge in [0, 0.05) is 36.7 Å². The Hall–Kier alpha value is -0.900. The van der Waals surface area contributed by atoms with Crippen molar-refractivity contribution in [2.45, 2.75) is 13.3 Å². The van der Waals surface area contributed by atoms with E-state index < -0.39 is 0 Å². The van der Waals surface area contributed by atoms with Crippen molar-refractivity contribution in [3.8, 4) is 0 Å². The van der Waals surface area contributed by atoms with E-state index in [1.807, 2.05) is 14.0 Å². The number of carbonyl (C=O) groups is 1. The first-order chi connectivity index (χ1) is 8.63. The summed E-state index contributed by atoms with van der Waals surface area (Å²) in [6.07, 6.45) is 0.518. The average molecular weight is 270 g/mol. The quantitative estimate of drug-likeness (QED) is 0.537. The highest BCUT2D eigenvalue weighted by Gasteiger charge is 2.07. The van der Waals surface area contributed by atoms with Gasteiger partial charge in [0.25, 0.3) is 0 Å². The number of rotatable bonds is 8. The third kappa shape index (κ3) is 5.63. The van der Waals surface area contributed by atoms with Crippen LogP contribution < -0.4 is 0 Å². The number of likely N-dealkylation sites (N-methyl/N-ethyl adjacent to an activating group) is 1. The average Bonchev–Trinajstić information content (AvgIpc) is 2.37. The highest BCUT2D eigenvalue weighted by atomic mass is 35.5. The molecule has 0 bridgehead atoms. The van der Waals surface area contributed by atoms with E-state index in [0.29, 0.717) is 18.1 Å². The lowest BCUT2D eigenvalue weighted by Gasteiger charge is -2.15. The van der Waals surface area contributed by atoms with Gasteiger partial charge in [-0.2, -0.15) is 0 Å². The van der Waals surface area contributed by atoms with Crippen LogP contribution in [0.25, 0.3) is 0 Å². The summed E-state index contributed by atoms with van der Waals surface area (Å²) in [5.41, 5.74) is 0.720. The molecule has 0 saturated carbocycles. The summed E-state index contributed by atoms with van der Waals surface area (Å²) in [5.74, 6) is 0.148. The van der Waals surface area contributed by atoms with Crippen LogP contribution in [0.5, 0.6) is 0 Å². The van der Waals surface area contributed by atoms with Gasteiger partial charge >= 0.3 is 0 Å². The molecular weight excluding hydrogens is 250 g/mol.